The summed E-state index contributed by atoms with van der Waals surface area (Å²) in [6.45, 7) is 1.63. The Labute approximate surface area is 240 Å². The Morgan fingerprint density at radius 1 is 0.949 bits per heavy atom. The van der Waals surface area contributed by atoms with Gasteiger partial charge in [0.1, 0.15) is 18.2 Å². The number of benzene rings is 3. The number of hydrogen-bond donors (Lipinski definition) is 1. The predicted molar refractivity (Wildman–Crippen MR) is 153 cm³/mol. The molecule has 1 aromatic heterocycles. The molecule has 0 saturated carbocycles. The molecule has 0 unspecified atom stereocenters. The fourth-order valence-electron chi connectivity index (χ4n) is 3.42. The van der Waals surface area contributed by atoms with Crippen LogP contribution in [-0.2, 0) is 14.3 Å². The second-order valence-corrected chi connectivity index (χ2v) is 11.7. The molecule has 3 aromatic carbocycles. The van der Waals surface area contributed by atoms with E-state index in [4.69, 9.17) is 18.4 Å². The molecule has 204 valence electrons. The molecule has 0 amide bonds. The number of anilines is 2. The van der Waals surface area contributed by atoms with Crippen LogP contribution in [0.2, 0.25) is 0 Å². The fourth-order valence-corrected chi connectivity index (χ4v) is 5.70. The summed E-state index contributed by atoms with van der Waals surface area (Å²) in [5.74, 6) is 1.46. The van der Waals surface area contributed by atoms with Gasteiger partial charge in [-0.25, -0.2) is 9.97 Å². The van der Waals surface area contributed by atoms with Crippen molar-refractivity contribution in [3.63, 3.8) is 0 Å². The van der Waals surface area contributed by atoms with E-state index in [1.54, 1.807) is 30.5 Å². The van der Waals surface area contributed by atoms with Gasteiger partial charge in [0, 0.05) is 33.4 Å². The van der Waals surface area contributed by atoms with Gasteiger partial charge in [0.2, 0.25) is 11.7 Å². The lowest BCUT2D eigenvalue weighted by Gasteiger charge is -2.16. The zero-order chi connectivity index (χ0) is 27.8. The average molecular weight is 633 g/mol. The molecule has 0 aliphatic heterocycles. The molecule has 1 N–H and O–H groups in total. The standard InChI is InChI=1S/C27H26BrN3O6S2/c1-18-7-9-22(10-8-18)39(32,33)37-14-13-36-24-17-20(16-23(34-2)26(24)35-3)30-27-29-12-11-25(31-27)38-21-6-4-5-19(28)15-21/h4-12,15-17H,13-14H2,1-3H3,(H,29,30,31). The zero-order valence-electron chi connectivity index (χ0n) is 21.4. The van der Waals surface area contributed by atoms with Crippen LogP contribution >= 0.6 is 27.7 Å². The summed E-state index contributed by atoms with van der Waals surface area (Å²) in [6, 6.07) is 19.6. The molecule has 4 aromatic rings. The zero-order valence-corrected chi connectivity index (χ0v) is 24.6. The molecule has 0 saturated heterocycles. The highest BCUT2D eigenvalue weighted by atomic mass is 79.9. The van der Waals surface area contributed by atoms with Crippen LogP contribution in [0.25, 0.3) is 0 Å². The number of hydrogen-bond acceptors (Lipinski definition) is 10. The summed E-state index contributed by atoms with van der Waals surface area (Å²) in [6.07, 6.45) is 1.67. The van der Waals surface area contributed by atoms with Crippen molar-refractivity contribution in [2.24, 2.45) is 0 Å². The minimum atomic E-state index is -3.91. The summed E-state index contributed by atoms with van der Waals surface area (Å²) in [7, 11) is -0.911. The van der Waals surface area contributed by atoms with Crippen molar-refractivity contribution in [1.82, 2.24) is 9.97 Å². The van der Waals surface area contributed by atoms with E-state index in [1.807, 2.05) is 37.3 Å². The molecule has 0 atom stereocenters. The number of rotatable bonds is 12. The first-order valence-electron chi connectivity index (χ1n) is 11.7. The van der Waals surface area contributed by atoms with Gasteiger partial charge in [0.25, 0.3) is 10.1 Å². The third-order valence-electron chi connectivity index (χ3n) is 5.24. The summed E-state index contributed by atoms with van der Waals surface area (Å²) < 4.78 is 47.8. The van der Waals surface area contributed by atoms with Gasteiger partial charge in [-0.2, -0.15) is 8.42 Å². The summed E-state index contributed by atoms with van der Waals surface area (Å²) in [4.78, 5) is 10.0. The smallest absolute Gasteiger partial charge is 0.297 e. The molecule has 0 fully saturated rings. The van der Waals surface area contributed by atoms with Gasteiger partial charge < -0.3 is 19.5 Å². The first kappa shape index (κ1) is 28.7. The Kier molecular flexibility index (Phi) is 9.68. The summed E-state index contributed by atoms with van der Waals surface area (Å²) in [5, 5.41) is 3.92. The normalized spacial score (nSPS) is 11.2. The number of aromatic nitrogens is 2. The molecule has 0 radical (unpaired) electrons. The highest BCUT2D eigenvalue weighted by Gasteiger charge is 2.17. The minimum absolute atomic E-state index is 0.0523. The Bertz CT molecular complexity index is 1540. The maximum absolute atomic E-state index is 12.4. The second-order valence-electron chi connectivity index (χ2n) is 8.05. The lowest BCUT2D eigenvalue weighted by atomic mass is 10.2. The van der Waals surface area contributed by atoms with E-state index >= 15 is 0 Å². The van der Waals surface area contributed by atoms with E-state index in [-0.39, 0.29) is 18.1 Å². The summed E-state index contributed by atoms with van der Waals surface area (Å²) >= 11 is 4.99. The van der Waals surface area contributed by atoms with Crippen molar-refractivity contribution in [1.29, 1.82) is 0 Å². The van der Waals surface area contributed by atoms with Crippen molar-refractivity contribution in [3.05, 3.63) is 83.0 Å². The number of halogens is 1. The van der Waals surface area contributed by atoms with Crippen LogP contribution in [0.1, 0.15) is 5.56 Å². The number of ether oxygens (including phenoxy) is 3. The fraction of sp³-hybridized carbons (Fsp3) is 0.185. The van der Waals surface area contributed by atoms with Crippen molar-refractivity contribution in [2.75, 3.05) is 32.8 Å². The monoisotopic (exact) mass is 631 g/mol. The molecule has 4 rings (SSSR count). The third kappa shape index (κ3) is 7.85. The van der Waals surface area contributed by atoms with E-state index in [0.717, 1.165) is 20.0 Å². The van der Waals surface area contributed by atoms with Gasteiger partial charge in [0.05, 0.1) is 19.1 Å². The van der Waals surface area contributed by atoms with Gasteiger partial charge in [-0.15, -0.1) is 0 Å². The van der Waals surface area contributed by atoms with E-state index in [2.05, 4.69) is 31.2 Å². The molecular formula is C27H26BrN3O6S2. The molecule has 9 nitrogen and oxygen atoms in total. The van der Waals surface area contributed by atoms with Crippen molar-refractivity contribution in [2.45, 2.75) is 21.7 Å². The molecule has 0 aliphatic rings. The molecule has 0 bridgehead atoms. The largest absolute Gasteiger partial charge is 0.493 e. The first-order valence-corrected chi connectivity index (χ1v) is 14.7. The number of methoxy groups -OCH3 is 2. The Hall–Kier alpha value is -3.32. The maximum atomic E-state index is 12.4. The molecule has 1 heterocycles. The van der Waals surface area contributed by atoms with Crippen molar-refractivity contribution in [3.8, 4) is 17.2 Å². The topological polar surface area (TPSA) is 109 Å². The van der Waals surface area contributed by atoms with Crippen LogP contribution in [0.15, 0.2) is 92.2 Å². The Balaban J connectivity index is 1.45. The van der Waals surface area contributed by atoms with Crippen LogP contribution < -0.4 is 19.5 Å². The second kappa shape index (κ2) is 13.2. The molecule has 12 heteroatoms. The lowest BCUT2D eigenvalue weighted by Crippen LogP contribution is -2.13. The van der Waals surface area contributed by atoms with E-state index in [0.29, 0.717) is 28.9 Å². The Morgan fingerprint density at radius 3 is 2.44 bits per heavy atom. The highest BCUT2D eigenvalue weighted by molar-refractivity contribution is 9.10. The molecule has 0 aliphatic carbocycles. The highest BCUT2D eigenvalue weighted by Crippen LogP contribution is 2.41. The van der Waals surface area contributed by atoms with E-state index in [1.165, 1.54) is 38.1 Å². The number of aryl methyl sites for hydroxylation is 1. The maximum Gasteiger partial charge on any atom is 0.297 e. The van der Waals surface area contributed by atoms with Gasteiger partial charge in [-0.1, -0.05) is 51.5 Å². The molecule has 0 spiro atoms. The third-order valence-corrected chi connectivity index (χ3v) is 7.98. The van der Waals surface area contributed by atoms with Crippen LogP contribution in [0.4, 0.5) is 11.6 Å². The van der Waals surface area contributed by atoms with Crippen LogP contribution in [-0.4, -0.2) is 45.8 Å². The average Bonchev–Trinajstić information content (AvgIpc) is 2.91. The van der Waals surface area contributed by atoms with Crippen LogP contribution in [0, 0.1) is 6.92 Å². The van der Waals surface area contributed by atoms with Gasteiger partial charge in [-0.3, -0.25) is 4.18 Å². The van der Waals surface area contributed by atoms with Gasteiger partial charge >= 0.3 is 0 Å². The first-order chi connectivity index (χ1) is 18.8. The number of nitrogens with one attached hydrogen (secondary N) is 1. The number of nitrogens with zero attached hydrogens (tertiary/aromatic N) is 2. The van der Waals surface area contributed by atoms with Crippen LogP contribution in [0.5, 0.6) is 17.2 Å². The van der Waals surface area contributed by atoms with Crippen molar-refractivity contribution >= 4 is 49.4 Å². The van der Waals surface area contributed by atoms with E-state index < -0.39 is 10.1 Å². The molecular weight excluding hydrogens is 606 g/mol. The van der Waals surface area contributed by atoms with Crippen LogP contribution in [0.3, 0.4) is 0 Å². The lowest BCUT2D eigenvalue weighted by molar-refractivity contribution is 0.213. The van der Waals surface area contributed by atoms with Gasteiger partial charge in [-0.05, 0) is 43.3 Å². The Morgan fingerprint density at radius 2 is 1.72 bits per heavy atom. The van der Waals surface area contributed by atoms with Gasteiger partial charge in [0.15, 0.2) is 11.5 Å². The van der Waals surface area contributed by atoms with E-state index in [9.17, 15) is 8.42 Å². The minimum Gasteiger partial charge on any atom is -0.493 e. The quantitative estimate of drug-likeness (QED) is 0.110. The summed E-state index contributed by atoms with van der Waals surface area (Å²) in [5.41, 5.74) is 1.53. The molecule has 39 heavy (non-hydrogen) atoms. The van der Waals surface area contributed by atoms with Crippen molar-refractivity contribution < 1.29 is 26.8 Å². The SMILES string of the molecule is COc1cc(Nc2nccc(Sc3cccc(Br)c3)n2)cc(OCCOS(=O)(=O)c2ccc(C)cc2)c1OC. The predicted octanol–water partition coefficient (Wildman–Crippen LogP) is 6.24.